The van der Waals surface area contributed by atoms with E-state index in [1.165, 1.54) is 24.3 Å². The summed E-state index contributed by atoms with van der Waals surface area (Å²) in [7, 11) is -0.633. The highest BCUT2D eigenvalue weighted by molar-refractivity contribution is 8.14. The summed E-state index contributed by atoms with van der Waals surface area (Å²) < 4.78 is 72.7. The molecule has 190 valence electrons. The molecule has 1 heterocycles. The van der Waals surface area contributed by atoms with Crippen molar-refractivity contribution in [2.24, 2.45) is 0 Å². The standard InChI is InChI=1S/C26H18Cl2O6S3/c27-36(31,32)21-7-1-17(2-8-21)13-19-5-11-23-24-12-6-20(16-26(24)35(29,30)25(23)15-19)14-18-3-9-22(10-4-18)37(28,33)34/h1-12,15-16H,13-14H2. The Hall–Kier alpha value is -2.69. The van der Waals surface area contributed by atoms with E-state index in [-0.39, 0.29) is 19.6 Å². The van der Waals surface area contributed by atoms with Crippen molar-refractivity contribution in [2.45, 2.75) is 32.4 Å². The van der Waals surface area contributed by atoms with Crippen LogP contribution in [0.1, 0.15) is 22.3 Å². The van der Waals surface area contributed by atoms with Gasteiger partial charge in [-0.1, -0.05) is 48.5 Å². The zero-order chi connectivity index (χ0) is 26.6. The molecular formula is C26H18Cl2O6S3. The van der Waals surface area contributed by atoms with Crippen molar-refractivity contribution in [3.05, 3.63) is 107 Å². The molecule has 0 saturated heterocycles. The Kier molecular flexibility index (Phi) is 6.49. The van der Waals surface area contributed by atoms with Crippen LogP contribution in [-0.2, 0) is 40.8 Å². The lowest BCUT2D eigenvalue weighted by molar-refractivity contribution is 0.598. The van der Waals surface area contributed by atoms with Gasteiger partial charge in [0.15, 0.2) is 0 Å². The van der Waals surface area contributed by atoms with Gasteiger partial charge in [0, 0.05) is 32.5 Å². The molecule has 0 bridgehead atoms. The molecule has 0 aliphatic carbocycles. The SMILES string of the molecule is O=S(=O)(Cl)c1ccc(Cc2ccc3c(c2)S(=O)(=O)c2cc(Cc4ccc(S(=O)(=O)Cl)cc4)ccc2-3)cc1. The van der Waals surface area contributed by atoms with Gasteiger partial charge in [-0.3, -0.25) is 0 Å². The van der Waals surface area contributed by atoms with Gasteiger partial charge in [0.2, 0.25) is 9.84 Å². The fourth-order valence-electron chi connectivity index (χ4n) is 4.37. The molecule has 0 saturated carbocycles. The normalized spacial score (nSPS) is 14.2. The summed E-state index contributed by atoms with van der Waals surface area (Å²) in [5.41, 5.74) is 4.42. The lowest BCUT2D eigenvalue weighted by Gasteiger charge is -2.06. The van der Waals surface area contributed by atoms with E-state index in [0.29, 0.717) is 24.0 Å². The van der Waals surface area contributed by atoms with Crippen LogP contribution >= 0.6 is 21.4 Å². The molecular weight excluding hydrogens is 575 g/mol. The average Bonchev–Trinajstić information content (AvgIpc) is 3.05. The highest BCUT2D eigenvalue weighted by Crippen LogP contribution is 2.44. The third kappa shape index (κ3) is 5.19. The molecule has 0 atom stereocenters. The molecule has 0 spiro atoms. The second-order valence-corrected chi connectivity index (χ2v) is 15.7. The van der Waals surface area contributed by atoms with E-state index >= 15 is 0 Å². The quantitative estimate of drug-likeness (QED) is 0.240. The predicted molar refractivity (Wildman–Crippen MR) is 142 cm³/mol. The van der Waals surface area contributed by atoms with Crippen LogP contribution in [0, 0.1) is 0 Å². The van der Waals surface area contributed by atoms with Crippen molar-refractivity contribution < 1.29 is 25.3 Å². The third-order valence-electron chi connectivity index (χ3n) is 6.19. The molecule has 1 aliphatic rings. The van der Waals surface area contributed by atoms with Crippen LogP contribution in [0.4, 0.5) is 0 Å². The van der Waals surface area contributed by atoms with Crippen molar-refractivity contribution >= 4 is 49.3 Å². The molecule has 11 heteroatoms. The average molecular weight is 594 g/mol. The van der Waals surface area contributed by atoms with Gasteiger partial charge >= 0.3 is 0 Å². The first-order valence-electron chi connectivity index (χ1n) is 10.9. The summed E-state index contributed by atoms with van der Waals surface area (Å²) in [5.74, 6) is 0. The number of hydrogen-bond acceptors (Lipinski definition) is 6. The van der Waals surface area contributed by atoms with Gasteiger partial charge in [-0.15, -0.1) is 0 Å². The molecule has 37 heavy (non-hydrogen) atoms. The summed E-state index contributed by atoms with van der Waals surface area (Å²) in [6, 6.07) is 22.9. The Labute approximate surface area is 224 Å². The molecule has 4 aromatic rings. The molecule has 0 aromatic heterocycles. The van der Waals surface area contributed by atoms with Crippen LogP contribution in [0.25, 0.3) is 11.1 Å². The fourth-order valence-corrected chi connectivity index (χ4v) is 7.70. The monoisotopic (exact) mass is 592 g/mol. The summed E-state index contributed by atoms with van der Waals surface area (Å²) in [4.78, 5) is 0.462. The Balaban J connectivity index is 1.41. The van der Waals surface area contributed by atoms with Crippen LogP contribution in [0.5, 0.6) is 0 Å². The van der Waals surface area contributed by atoms with Crippen LogP contribution in [-0.4, -0.2) is 25.3 Å². The van der Waals surface area contributed by atoms with Gasteiger partial charge in [-0.25, -0.2) is 25.3 Å². The maximum absolute atomic E-state index is 13.4. The van der Waals surface area contributed by atoms with Gasteiger partial charge in [0.05, 0.1) is 19.6 Å². The second kappa shape index (κ2) is 9.25. The zero-order valence-electron chi connectivity index (χ0n) is 18.9. The van der Waals surface area contributed by atoms with Crippen molar-refractivity contribution in [1.29, 1.82) is 0 Å². The summed E-state index contributed by atoms with van der Waals surface area (Å²) in [5, 5.41) is 0. The number of halogens is 2. The molecule has 6 nitrogen and oxygen atoms in total. The summed E-state index contributed by atoms with van der Waals surface area (Å²) in [6.45, 7) is 0. The fraction of sp³-hybridized carbons (Fsp3) is 0.0769. The number of rotatable bonds is 6. The molecule has 0 amide bonds. The van der Waals surface area contributed by atoms with Crippen molar-refractivity contribution in [3.63, 3.8) is 0 Å². The van der Waals surface area contributed by atoms with Crippen LogP contribution < -0.4 is 0 Å². The van der Waals surface area contributed by atoms with E-state index < -0.39 is 27.9 Å². The second-order valence-electron chi connectivity index (χ2n) is 8.68. The van der Waals surface area contributed by atoms with Gasteiger partial charge in [-0.05, 0) is 71.5 Å². The van der Waals surface area contributed by atoms with Crippen molar-refractivity contribution in [2.75, 3.05) is 0 Å². The van der Waals surface area contributed by atoms with E-state index in [1.54, 1.807) is 48.5 Å². The molecule has 4 aromatic carbocycles. The Morgan fingerprint density at radius 1 is 0.514 bits per heavy atom. The Morgan fingerprint density at radius 3 is 1.16 bits per heavy atom. The minimum atomic E-state index is -3.81. The van der Waals surface area contributed by atoms with E-state index in [1.807, 2.05) is 12.1 Å². The molecule has 0 N–H and O–H groups in total. The van der Waals surface area contributed by atoms with Gasteiger partial charge in [-0.2, -0.15) is 0 Å². The van der Waals surface area contributed by atoms with Crippen LogP contribution in [0.3, 0.4) is 0 Å². The first-order valence-corrected chi connectivity index (χ1v) is 17.0. The summed E-state index contributed by atoms with van der Waals surface area (Å²) in [6.07, 6.45) is 0.835. The van der Waals surface area contributed by atoms with Gasteiger partial charge in [0.1, 0.15) is 0 Å². The van der Waals surface area contributed by atoms with E-state index in [2.05, 4.69) is 0 Å². The third-order valence-corrected chi connectivity index (χ3v) is 10.8. The molecule has 0 fully saturated rings. The molecule has 5 rings (SSSR count). The highest BCUT2D eigenvalue weighted by atomic mass is 35.7. The van der Waals surface area contributed by atoms with E-state index in [9.17, 15) is 25.3 Å². The lowest BCUT2D eigenvalue weighted by atomic mass is 9.98. The topological polar surface area (TPSA) is 102 Å². The minimum absolute atomic E-state index is 0.000672. The molecule has 0 unspecified atom stereocenters. The molecule has 0 radical (unpaired) electrons. The number of benzene rings is 4. The number of fused-ring (bicyclic) bond motifs is 3. The smallest absolute Gasteiger partial charge is 0.218 e. The Bertz CT molecular complexity index is 1730. The first-order chi connectivity index (χ1) is 17.3. The van der Waals surface area contributed by atoms with Gasteiger partial charge in [0.25, 0.3) is 18.1 Å². The number of sulfone groups is 1. The molecule has 1 aliphatic heterocycles. The predicted octanol–water partition coefficient (Wildman–Crippen LogP) is 5.54. The largest absolute Gasteiger partial charge is 0.261 e. The van der Waals surface area contributed by atoms with E-state index in [0.717, 1.165) is 22.3 Å². The summed E-state index contributed by atoms with van der Waals surface area (Å²) >= 11 is 0. The van der Waals surface area contributed by atoms with Crippen molar-refractivity contribution in [1.82, 2.24) is 0 Å². The van der Waals surface area contributed by atoms with Crippen LogP contribution in [0.15, 0.2) is 105 Å². The first kappa shape index (κ1) is 25.9. The lowest BCUT2D eigenvalue weighted by Crippen LogP contribution is -1.99. The minimum Gasteiger partial charge on any atom is -0.218 e. The maximum Gasteiger partial charge on any atom is 0.261 e. The van der Waals surface area contributed by atoms with Crippen LogP contribution in [0.2, 0.25) is 0 Å². The van der Waals surface area contributed by atoms with Crippen molar-refractivity contribution in [3.8, 4) is 11.1 Å². The highest BCUT2D eigenvalue weighted by Gasteiger charge is 2.33. The van der Waals surface area contributed by atoms with Gasteiger partial charge < -0.3 is 0 Å². The van der Waals surface area contributed by atoms with E-state index in [4.69, 9.17) is 21.4 Å². The number of hydrogen-bond donors (Lipinski definition) is 0. The zero-order valence-corrected chi connectivity index (χ0v) is 22.9. The Morgan fingerprint density at radius 2 is 0.838 bits per heavy atom. The maximum atomic E-state index is 13.4.